The lowest BCUT2D eigenvalue weighted by Crippen LogP contribution is -2.20. The molecule has 168 valence electrons. The molecular formula is C27H19N7O. The van der Waals surface area contributed by atoms with Crippen molar-refractivity contribution in [2.24, 2.45) is 0 Å². The number of amides is 1. The van der Waals surface area contributed by atoms with Crippen molar-refractivity contribution >= 4 is 17.4 Å². The highest BCUT2D eigenvalue weighted by molar-refractivity contribution is 5.90. The number of hydrogen-bond donors (Lipinski definition) is 1. The van der Waals surface area contributed by atoms with Crippen LogP contribution in [-0.4, -0.2) is 30.9 Å². The lowest BCUT2D eigenvalue weighted by molar-refractivity contribution is -0.116. The Morgan fingerprint density at radius 2 is 1.60 bits per heavy atom. The fraction of sp³-hybridized carbons (Fsp3) is 0.0370. The maximum atomic E-state index is 12.9. The Morgan fingerprint density at radius 1 is 0.857 bits per heavy atom. The van der Waals surface area contributed by atoms with Gasteiger partial charge in [-0.25, -0.2) is 14.5 Å². The zero-order valence-electron chi connectivity index (χ0n) is 18.5. The SMILES string of the molecule is [C-]#[N+]c1ccc(-c2c(-c3ccncc3)nnn2CC(=O)Nc2ccc(-c3ccccc3)cn2)cc1. The number of benzene rings is 2. The summed E-state index contributed by atoms with van der Waals surface area (Å²) in [6, 6.07) is 24.4. The van der Waals surface area contributed by atoms with Crippen LogP contribution in [0.15, 0.2) is 97.5 Å². The number of nitrogens with one attached hydrogen (secondary N) is 1. The average molecular weight is 457 g/mol. The van der Waals surface area contributed by atoms with E-state index in [4.69, 9.17) is 6.57 Å². The third-order valence-electron chi connectivity index (χ3n) is 5.39. The predicted octanol–water partition coefficient (Wildman–Crippen LogP) is 5.26. The zero-order chi connectivity index (χ0) is 24.0. The molecule has 5 aromatic rings. The van der Waals surface area contributed by atoms with E-state index in [1.54, 1.807) is 41.5 Å². The molecular weight excluding hydrogens is 438 g/mol. The van der Waals surface area contributed by atoms with Crippen LogP contribution in [0.25, 0.3) is 38.5 Å². The lowest BCUT2D eigenvalue weighted by atomic mass is 10.1. The van der Waals surface area contributed by atoms with E-state index in [9.17, 15) is 4.79 Å². The second kappa shape index (κ2) is 9.77. The molecule has 0 radical (unpaired) electrons. The number of pyridine rings is 2. The molecule has 3 heterocycles. The van der Waals surface area contributed by atoms with Gasteiger partial charge in [-0.1, -0.05) is 59.8 Å². The average Bonchev–Trinajstić information content (AvgIpc) is 3.33. The van der Waals surface area contributed by atoms with Gasteiger partial charge in [0.2, 0.25) is 5.91 Å². The summed E-state index contributed by atoms with van der Waals surface area (Å²) in [6.45, 7) is 7.14. The Morgan fingerprint density at radius 3 is 2.29 bits per heavy atom. The van der Waals surface area contributed by atoms with E-state index in [1.165, 1.54) is 0 Å². The topological polar surface area (TPSA) is 90.0 Å². The Kier molecular flexibility index (Phi) is 6.05. The van der Waals surface area contributed by atoms with Crippen LogP contribution < -0.4 is 5.32 Å². The van der Waals surface area contributed by atoms with Crippen LogP contribution in [0.2, 0.25) is 0 Å². The predicted molar refractivity (Wildman–Crippen MR) is 133 cm³/mol. The van der Waals surface area contributed by atoms with Crippen molar-refractivity contribution in [1.82, 2.24) is 25.0 Å². The summed E-state index contributed by atoms with van der Waals surface area (Å²) in [7, 11) is 0. The first kappa shape index (κ1) is 21.7. The van der Waals surface area contributed by atoms with Crippen LogP contribution >= 0.6 is 0 Å². The molecule has 1 N–H and O–H groups in total. The van der Waals surface area contributed by atoms with E-state index in [0.29, 0.717) is 22.9 Å². The molecule has 0 bridgehead atoms. The summed E-state index contributed by atoms with van der Waals surface area (Å²) in [4.78, 5) is 24.8. The number of nitrogens with zero attached hydrogens (tertiary/aromatic N) is 6. The molecule has 8 heteroatoms. The molecule has 0 saturated carbocycles. The second-order valence-electron chi connectivity index (χ2n) is 7.69. The first-order valence-corrected chi connectivity index (χ1v) is 10.8. The highest BCUT2D eigenvalue weighted by atomic mass is 16.2. The van der Waals surface area contributed by atoms with Gasteiger partial charge in [-0.2, -0.15) is 0 Å². The van der Waals surface area contributed by atoms with E-state index in [2.05, 4.69) is 30.4 Å². The summed E-state index contributed by atoms with van der Waals surface area (Å²) < 4.78 is 1.55. The van der Waals surface area contributed by atoms with Crippen LogP contribution in [0, 0.1) is 6.57 Å². The summed E-state index contributed by atoms with van der Waals surface area (Å²) in [6.07, 6.45) is 5.08. The van der Waals surface area contributed by atoms with Crippen molar-refractivity contribution in [3.63, 3.8) is 0 Å². The molecule has 0 fully saturated rings. The molecule has 35 heavy (non-hydrogen) atoms. The number of anilines is 1. The summed E-state index contributed by atoms with van der Waals surface area (Å²) in [5, 5.41) is 11.4. The quantitative estimate of drug-likeness (QED) is 0.351. The van der Waals surface area contributed by atoms with Gasteiger partial charge in [0.25, 0.3) is 0 Å². The van der Waals surface area contributed by atoms with Gasteiger partial charge in [-0.15, -0.1) is 5.10 Å². The Bertz CT molecular complexity index is 1490. The van der Waals surface area contributed by atoms with E-state index in [0.717, 1.165) is 22.3 Å². The van der Waals surface area contributed by atoms with Gasteiger partial charge in [0.15, 0.2) is 5.69 Å². The van der Waals surface area contributed by atoms with Crippen LogP contribution in [0.5, 0.6) is 0 Å². The molecule has 2 aromatic carbocycles. The minimum Gasteiger partial charge on any atom is -0.309 e. The van der Waals surface area contributed by atoms with Gasteiger partial charge in [-0.3, -0.25) is 9.78 Å². The Labute approximate surface area is 201 Å². The van der Waals surface area contributed by atoms with E-state index < -0.39 is 0 Å². The largest absolute Gasteiger partial charge is 0.309 e. The fourth-order valence-corrected chi connectivity index (χ4v) is 3.70. The van der Waals surface area contributed by atoms with Crippen molar-refractivity contribution in [1.29, 1.82) is 0 Å². The minimum absolute atomic E-state index is 0.0555. The van der Waals surface area contributed by atoms with Crippen LogP contribution in [0.4, 0.5) is 11.5 Å². The number of hydrogen-bond acceptors (Lipinski definition) is 5. The van der Waals surface area contributed by atoms with Crippen molar-refractivity contribution in [2.45, 2.75) is 6.54 Å². The highest BCUT2D eigenvalue weighted by Crippen LogP contribution is 2.31. The van der Waals surface area contributed by atoms with Gasteiger partial charge in [0.05, 0.1) is 12.3 Å². The highest BCUT2D eigenvalue weighted by Gasteiger charge is 2.19. The molecule has 0 spiro atoms. The Hall–Kier alpha value is -5.16. The van der Waals surface area contributed by atoms with Crippen molar-refractivity contribution in [3.05, 3.63) is 109 Å². The zero-order valence-corrected chi connectivity index (χ0v) is 18.5. The number of carbonyl (C=O) groups excluding carboxylic acids is 1. The van der Waals surface area contributed by atoms with E-state index in [-0.39, 0.29) is 12.5 Å². The summed E-state index contributed by atoms with van der Waals surface area (Å²) in [5.41, 5.74) is 5.48. The number of rotatable bonds is 6. The van der Waals surface area contributed by atoms with Gasteiger partial charge in [0.1, 0.15) is 18.1 Å². The second-order valence-corrected chi connectivity index (χ2v) is 7.69. The molecule has 5 rings (SSSR count). The maximum absolute atomic E-state index is 12.9. The third-order valence-corrected chi connectivity index (χ3v) is 5.39. The van der Waals surface area contributed by atoms with Crippen molar-refractivity contribution in [2.75, 3.05) is 5.32 Å². The first-order chi connectivity index (χ1) is 17.2. The van der Waals surface area contributed by atoms with Gasteiger partial charge in [-0.05, 0) is 35.4 Å². The minimum atomic E-state index is -0.282. The molecule has 0 atom stereocenters. The van der Waals surface area contributed by atoms with Crippen LogP contribution in [0.1, 0.15) is 0 Å². The smallest absolute Gasteiger partial charge is 0.247 e. The molecule has 3 aromatic heterocycles. The van der Waals surface area contributed by atoms with Gasteiger partial charge in [0, 0.05) is 29.7 Å². The molecule has 1 amide bonds. The maximum Gasteiger partial charge on any atom is 0.247 e. The molecule has 8 nitrogen and oxygen atoms in total. The normalized spacial score (nSPS) is 10.5. The number of aromatic nitrogens is 5. The van der Waals surface area contributed by atoms with Crippen LogP contribution in [0.3, 0.4) is 0 Å². The number of carbonyl (C=O) groups is 1. The molecule has 0 aliphatic heterocycles. The fourth-order valence-electron chi connectivity index (χ4n) is 3.70. The van der Waals surface area contributed by atoms with Gasteiger partial charge < -0.3 is 5.32 Å². The van der Waals surface area contributed by atoms with E-state index >= 15 is 0 Å². The van der Waals surface area contributed by atoms with Crippen LogP contribution in [-0.2, 0) is 11.3 Å². The third kappa shape index (κ3) is 4.79. The van der Waals surface area contributed by atoms with Crippen molar-refractivity contribution < 1.29 is 4.79 Å². The van der Waals surface area contributed by atoms with E-state index in [1.807, 2.05) is 60.7 Å². The molecule has 0 unspecified atom stereocenters. The Balaban J connectivity index is 1.40. The monoisotopic (exact) mass is 457 g/mol. The van der Waals surface area contributed by atoms with Gasteiger partial charge >= 0.3 is 0 Å². The molecule has 0 saturated heterocycles. The summed E-state index contributed by atoms with van der Waals surface area (Å²) >= 11 is 0. The first-order valence-electron chi connectivity index (χ1n) is 10.8. The van der Waals surface area contributed by atoms with Crippen molar-refractivity contribution in [3.8, 4) is 33.6 Å². The summed E-state index contributed by atoms with van der Waals surface area (Å²) in [5.74, 6) is 0.169. The lowest BCUT2D eigenvalue weighted by Gasteiger charge is -2.10. The molecule has 0 aliphatic carbocycles. The standard InChI is InChI=1S/C27H19N7O/c1-28-23-10-7-21(8-11-23)27-26(20-13-15-29-16-14-20)32-33-34(27)18-25(35)31-24-12-9-22(17-30-24)19-5-3-2-4-6-19/h2-17H,18H2,(H,30,31,35). The molecule has 0 aliphatic rings.